The normalized spacial score (nSPS) is 17.6. The molecule has 0 bridgehead atoms. The molecule has 17 heavy (non-hydrogen) atoms. The highest BCUT2D eigenvalue weighted by molar-refractivity contribution is 7.07. The Labute approximate surface area is 106 Å². The van der Waals surface area contributed by atoms with E-state index in [2.05, 4.69) is 52.5 Å². The summed E-state index contributed by atoms with van der Waals surface area (Å²) in [5.74, 6) is 0. The first kappa shape index (κ1) is 11.0. The van der Waals surface area contributed by atoms with Crippen molar-refractivity contribution in [3.05, 3.63) is 58.3 Å². The summed E-state index contributed by atoms with van der Waals surface area (Å²) >= 11 is 1.80. The molecule has 1 aromatic carbocycles. The largest absolute Gasteiger partial charge is 0.315 e. The van der Waals surface area contributed by atoms with Crippen LogP contribution >= 0.6 is 11.3 Å². The van der Waals surface area contributed by atoms with Crippen LogP contribution in [0.15, 0.2) is 47.2 Å². The molecule has 0 amide bonds. The zero-order valence-corrected chi connectivity index (χ0v) is 10.7. The highest BCUT2D eigenvalue weighted by Crippen LogP contribution is 2.33. The molecule has 1 aliphatic rings. The lowest BCUT2D eigenvalue weighted by atomic mass is 9.71. The van der Waals surface area contributed by atoms with E-state index >= 15 is 0 Å². The second kappa shape index (κ2) is 4.63. The number of benzene rings is 1. The maximum absolute atomic E-state index is 3.43. The molecule has 0 radical (unpaired) electrons. The monoisotopic (exact) mass is 243 g/mol. The third-order valence-corrected chi connectivity index (χ3v) is 4.52. The first-order valence-corrected chi connectivity index (χ1v) is 7.11. The Morgan fingerprint density at radius 2 is 1.94 bits per heavy atom. The fourth-order valence-corrected chi connectivity index (χ4v) is 3.27. The van der Waals surface area contributed by atoms with Crippen molar-refractivity contribution in [1.29, 1.82) is 0 Å². The summed E-state index contributed by atoms with van der Waals surface area (Å²) < 4.78 is 0. The molecular weight excluding hydrogens is 226 g/mol. The van der Waals surface area contributed by atoms with Gasteiger partial charge in [-0.1, -0.05) is 30.3 Å². The van der Waals surface area contributed by atoms with Gasteiger partial charge in [0.1, 0.15) is 0 Å². The summed E-state index contributed by atoms with van der Waals surface area (Å²) in [7, 11) is 0. The van der Waals surface area contributed by atoms with Gasteiger partial charge >= 0.3 is 0 Å². The lowest BCUT2D eigenvalue weighted by Crippen LogP contribution is -2.56. The van der Waals surface area contributed by atoms with E-state index in [1.807, 2.05) is 0 Å². The Morgan fingerprint density at radius 1 is 1.12 bits per heavy atom. The van der Waals surface area contributed by atoms with Crippen LogP contribution in [0.2, 0.25) is 0 Å². The van der Waals surface area contributed by atoms with Crippen molar-refractivity contribution in [1.82, 2.24) is 5.32 Å². The summed E-state index contributed by atoms with van der Waals surface area (Å²) in [6, 6.07) is 13.2. The average molecular weight is 243 g/mol. The van der Waals surface area contributed by atoms with Crippen LogP contribution in [0.25, 0.3) is 0 Å². The van der Waals surface area contributed by atoms with Crippen LogP contribution < -0.4 is 5.32 Å². The minimum atomic E-state index is 0.378. The lowest BCUT2D eigenvalue weighted by molar-refractivity contribution is 0.258. The first-order chi connectivity index (χ1) is 8.39. The number of aryl methyl sites for hydroxylation is 1. The van der Waals surface area contributed by atoms with Crippen LogP contribution in [0.3, 0.4) is 0 Å². The van der Waals surface area contributed by atoms with E-state index in [0.717, 1.165) is 13.1 Å². The number of hydrogen-bond donors (Lipinski definition) is 1. The van der Waals surface area contributed by atoms with Crippen molar-refractivity contribution in [3.63, 3.8) is 0 Å². The van der Waals surface area contributed by atoms with Gasteiger partial charge in [0.25, 0.3) is 0 Å². The van der Waals surface area contributed by atoms with Crippen molar-refractivity contribution in [2.24, 2.45) is 0 Å². The maximum Gasteiger partial charge on any atom is 0.0205 e. The average Bonchev–Trinajstić information content (AvgIpc) is 2.82. The molecule has 2 aromatic rings. The second-order valence-electron chi connectivity index (χ2n) is 4.88. The van der Waals surface area contributed by atoms with E-state index in [4.69, 9.17) is 0 Å². The Kier molecular flexibility index (Phi) is 3.00. The molecule has 1 aromatic heterocycles. The van der Waals surface area contributed by atoms with Crippen LogP contribution in [0.5, 0.6) is 0 Å². The Morgan fingerprint density at radius 3 is 2.53 bits per heavy atom. The van der Waals surface area contributed by atoms with Crippen molar-refractivity contribution < 1.29 is 0 Å². The van der Waals surface area contributed by atoms with Crippen molar-refractivity contribution in [3.8, 4) is 0 Å². The number of hydrogen-bond acceptors (Lipinski definition) is 2. The fourth-order valence-electron chi connectivity index (χ4n) is 2.56. The molecule has 0 unspecified atom stereocenters. The van der Waals surface area contributed by atoms with Gasteiger partial charge in [0.15, 0.2) is 0 Å². The Bertz CT molecular complexity index is 457. The summed E-state index contributed by atoms with van der Waals surface area (Å²) in [5, 5.41) is 7.87. The van der Waals surface area contributed by atoms with Gasteiger partial charge in [-0.05, 0) is 40.8 Å². The molecule has 88 valence electrons. The van der Waals surface area contributed by atoms with Crippen molar-refractivity contribution in [2.75, 3.05) is 13.1 Å². The van der Waals surface area contributed by atoms with Gasteiger partial charge in [0, 0.05) is 18.5 Å². The summed E-state index contributed by atoms with van der Waals surface area (Å²) in [4.78, 5) is 0. The zero-order valence-electron chi connectivity index (χ0n) is 9.86. The third-order valence-electron chi connectivity index (χ3n) is 3.79. The summed E-state index contributed by atoms with van der Waals surface area (Å²) in [5.41, 5.74) is 3.36. The molecule has 3 rings (SSSR count). The predicted molar refractivity (Wildman–Crippen MR) is 73.6 cm³/mol. The maximum atomic E-state index is 3.43. The number of rotatable bonds is 4. The van der Waals surface area contributed by atoms with Gasteiger partial charge < -0.3 is 5.32 Å². The van der Waals surface area contributed by atoms with Gasteiger partial charge in [-0.15, -0.1) is 0 Å². The molecule has 1 nitrogen and oxygen atoms in total. The molecule has 0 aliphatic carbocycles. The van der Waals surface area contributed by atoms with E-state index < -0.39 is 0 Å². The van der Waals surface area contributed by atoms with E-state index in [-0.39, 0.29) is 0 Å². The molecule has 0 atom stereocenters. The first-order valence-electron chi connectivity index (χ1n) is 6.16. The van der Waals surface area contributed by atoms with Gasteiger partial charge in [-0.3, -0.25) is 0 Å². The molecule has 1 fully saturated rings. The predicted octanol–water partition coefficient (Wildman–Crippen LogP) is 3.22. The molecule has 1 aliphatic heterocycles. The quantitative estimate of drug-likeness (QED) is 0.869. The summed E-state index contributed by atoms with van der Waals surface area (Å²) in [6.07, 6.45) is 2.45. The van der Waals surface area contributed by atoms with Gasteiger partial charge in [0.2, 0.25) is 0 Å². The minimum Gasteiger partial charge on any atom is -0.315 e. The Hall–Kier alpha value is -1.12. The molecule has 1 N–H and O–H groups in total. The van der Waals surface area contributed by atoms with Crippen molar-refractivity contribution in [2.45, 2.75) is 18.3 Å². The van der Waals surface area contributed by atoms with Crippen LogP contribution in [0.4, 0.5) is 0 Å². The lowest BCUT2D eigenvalue weighted by Gasteiger charge is -2.43. The number of nitrogens with one attached hydrogen (secondary N) is 1. The van der Waals surface area contributed by atoms with Crippen LogP contribution in [0.1, 0.15) is 17.5 Å². The third kappa shape index (κ3) is 2.15. The zero-order chi connectivity index (χ0) is 11.6. The molecule has 0 saturated carbocycles. The fraction of sp³-hybridized carbons (Fsp3) is 0.333. The smallest absolute Gasteiger partial charge is 0.0205 e. The number of thiophene rings is 1. The van der Waals surface area contributed by atoms with Gasteiger partial charge in [-0.2, -0.15) is 11.3 Å². The summed E-state index contributed by atoms with van der Waals surface area (Å²) in [6.45, 7) is 2.25. The van der Waals surface area contributed by atoms with Crippen LogP contribution in [-0.4, -0.2) is 13.1 Å². The Balaban J connectivity index is 1.74. The molecular formula is C15H17NS. The van der Waals surface area contributed by atoms with Crippen molar-refractivity contribution >= 4 is 11.3 Å². The SMILES string of the molecule is c1ccc(C2(CCc3ccsc3)CNC2)cc1. The molecule has 2 heterocycles. The molecule has 0 spiro atoms. The van der Waals surface area contributed by atoms with E-state index in [9.17, 15) is 0 Å². The molecule has 2 heteroatoms. The van der Waals surface area contributed by atoms with Gasteiger partial charge in [0.05, 0.1) is 0 Å². The standard InChI is InChI=1S/C15H17NS/c1-2-4-14(5-3-1)15(11-16-12-15)8-6-13-7-9-17-10-13/h1-5,7,9-10,16H,6,8,11-12H2. The second-order valence-corrected chi connectivity index (χ2v) is 5.66. The van der Waals surface area contributed by atoms with Gasteiger partial charge in [-0.25, -0.2) is 0 Å². The topological polar surface area (TPSA) is 12.0 Å². The molecule has 1 saturated heterocycles. The highest BCUT2D eigenvalue weighted by atomic mass is 32.1. The minimum absolute atomic E-state index is 0.378. The van der Waals surface area contributed by atoms with E-state index in [0.29, 0.717) is 5.41 Å². The van der Waals surface area contributed by atoms with E-state index in [1.54, 1.807) is 11.3 Å². The van der Waals surface area contributed by atoms with E-state index in [1.165, 1.54) is 24.0 Å². The van der Waals surface area contributed by atoms with Crippen LogP contribution in [-0.2, 0) is 11.8 Å². The van der Waals surface area contributed by atoms with Crippen LogP contribution in [0, 0.1) is 0 Å². The highest BCUT2D eigenvalue weighted by Gasteiger charge is 2.37.